The lowest BCUT2D eigenvalue weighted by Gasteiger charge is -2.35. The molecule has 0 bridgehead atoms. The monoisotopic (exact) mass is 848 g/mol. The van der Waals surface area contributed by atoms with Crippen LogP contribution in [-0.4, -0.2) is 124 Å². The van der Waals surface area contributed by atoms with Crippen molar-refractivity contribution in [3.63, 3.8) is 0 Å². The zero-order chi connectivity index (χ0) is 42.6. The van der Waals surface area contributed by atoms with Crippen LogP contribution in [-0.2, 0) is 14.4 Å². The third kappa shape index (κ3) is 11.5. The molecule has 7 rings (SSSR count). The van der Waals surface area contributed by atoms with Crippen LogP contribution in [0.2, 0.25) is 0 Å². The summed E-state index contributed by atoms with van der Waals surface area (Å²) in [4.78, 5) is 93.2. The summed E-state index contributed by atoms with van der Waals surface area (Å²) < 4.78 is 0. The first-order chi connectivity index (χ1) is 29.7. The molecule has 322 valence electrons. The molecule has 4 aliphatic rings. The molecule has 0 saturated carbocycles. The molecular formula is C46H56N8O6S. The summed E-state index contributed by atoms with van der Waals surface area (Å²) in [7, 11) is 0. The van der Waals surface area contributed by atoms with Crippen molar-refractivity contribution in [2.75, 3.05) is 63.0 Å². The van der Waals surface area contributed by atoms with Crippen molar-refractivity contribution < 1.29 is 28.8 Å². The number of aromatic nitrogens is 2. The van der Waals surface area contributed by atoms with Gasteiger partial charge in [0, 0.05) is 81.8 Å². The van der Waals surface area contributed by atoms with E-state index in [0.717, 1.165) is 131 Å². The number of carbonyl (C=O) groups is 6. The number of benzene rings is 1. The molecule has 14 nitrogen and oxygen atoms in total. The molecule has 15 heteroatoms. The highest BCUT2D eigenvalue weighted by molar-refractivity contribution is 7.99. The van der Waals surface area contributed by atoms with Gasteiger partial charge in [0.2, 0.25) is 17.7 Å². The number of pyridine rings is 2. The van der Waals surface area contributed by atoms with E-state index in [9.17, 15) is 28.8 Å². The van der Waals surface area contributed by atoms with Crippen LogP contribution >= 0.6 is 11.8 Å². The van der Waals surface area contributed by atoms with Crippen molar-refractivity contribution in [1.29, 1.82) is 0 Å². The minimum absolute atomic E-state index is 0.0523. The number of fused-ring (bicyclic) bond motifs is 1. The summed E-state index contributed by atoms with van der Waals surface area (Å²) in [5.74, 6) is 0.373. The highest BCUT2D eigenvalue weighted by atomic mass is 32.2. The maximum atomic E-state index is 13.4. The number of likely N-dealkylation sites (tertiary alicyclic amines) is 1. The van der Waals surface area contributed by atoms with Gasteiger partial charge in [0.1, 0.15) is 11.9 Å². The van der Waals surface area contributed by atoms with Crippen LogP contribution in [0.3, 0.4) is 0 Å². The number of hydrogen-bond acceptors (Lipinski definition) is 11. The van der Waals surface area contributed by atoms with Gasteiger partial charge in [-0.3, -0.25) is 48.9 Å². The van der Waals surface area contributed by atoms with Crippen LogP contribution in [0.1, 0.15) is 107 Å². The van der Waals surface area contributed by atoms with E-state index in [1.54, 1.807) is 54.6 Å². The Balaban J connectivity index is 0.732. The number of piperidine rings is 2. The van der Waals surface area contributed by atoms with Crippen LogP contribution in [0, 0.1) is 5.92 Å². The molecule has 3 saturated heterocycles. The second-order valence-electron chi connectivity index (χ2n) is 16.3. The summed E-state index contributed by atoms with van der Waals surface area (Å²) in [5.41, 5.74) is 2.22. The van der Waals surface area contributed by atoms with Gasteiger partial charge in [-0.2, -0.15) is 0 Å². The summed E-state index contributed by atoms with van der Waals surface area (Å²) in [6, 6.07) is 12.0. The molecule has 6 heterocycles. The summed E-state index contributed by atoms with van der Waals surface area (Å²) in [6.07, 6.45) is 18.1. The molecule has 0 spiro atoms. The molecule has 1 atom stereocenters. The normalized spacial score (nSPS) is 18.8. The molecule has 2 N–H and O–H groups in total. The average molecular weight is 849 g/mol. The first kappa shape index (κ1) is 43.7. The lowest BCUT2D eigenvalue weighted by atomic mass is 9.91. The van der Waals surface area contributed by atoms with Crippen molar-refractivity contribution >= 4 is 59.1 Å². The molecule has 3 aromatic rings. The molecule has 4 aliphatic heterocycles. The number of carbonyl (C=O) groups excluding carboxylic acids is 6. The molecular weight excluding hydrogens is 793 g/mol. The van der Waals surface area contributed by atoms with Crippen molar-refractivity contribution in [3.05, 3.63) is 89.4 Å². The Morgan fingerprint density at radius 1 is 0.836 bits per heavy atom. The Hall–Kier alpha value is -5.41. The summed E-state index contributed by atoms with van der Waals surface area (Å²) in [5, 5.41) is 5.20. The lowest BCUT2D eigenvalue weighted by Crippen LogP contribution is -2.54. The van der Waals surface area contributed by atoms with E-state index in [-0.39, 0.29) is 30.6 Å². The largest absolute Gasteiger partial charge is 0.354 e. The zero-order valence-electron chi connectivity index (χ0n) is 34.8. The van der Waals surface area contributed by atoms with Gasteiger partial charge in [-0.25, -0.2) is 4.98 Å². The fourth-order valence-electron chi connectivity index (χ4n) is 8.56. The van der Waals surface area contributed by atoms with Crippen molar-refractivity contribution in [2.45, 2.75) is 81.6 Å². The van der Waals surface area contributed by atoms with Crippen molar-refractivity contribution in [2.24, 2.45) is 5.92 Å². The predicted octanol–water partition coefficient (Wildman–Crippen LogP) is 5.20. The van der Waals surface area contributed by atoms with Crippen molar-refractivity contribution in [1.82, 2.24) is 35.3 Å². The topological polar surface area (TPSA) is 165 Å². The summed E-state index contributed by atoms with van der Waals surface area (Å²) >= 11 is 1.57. The Kier molecular flexibility index (Phi) is 15.3. The Morgan fingerprint density at radius 2 is 1.66 bits per heavy atom. The molecule has 1 aromatic carbocycles. The van der Waals surface area contributed by atoms with Crippen LogP contribution < -0.4 is 15.5 Å². The Labute approximate surface area is 361 Å². The smallest absolute Gasteiger partial charge is 0.263 e. The van der Waals surface area contributed by atoms with E-state index < -0.39 is 23.8 Å². The van der Waals surface area contributed by atoms with Crippen LogP contribution in [0.25, 0.3) is 6.08 Å². The molecule has 0 aliphatic carbocycles. The number of hydrogen-bond donors (Lipinski definition) is 2. The standard InChI is InChI=1S/C46H56N8O6S/c55-40(17-13-34-10-8-21-47-31-34)48-22-4-3-9-33-19-24-53(25-20-33)44(58)35-14-16-39(49-32-35)52-28-26-51(27-29-52)23-5-1-2-6-30-61-38-12-7-11-36-42(38)46(60)54(45(36)59)37-15-18-41(56)50-43(37)57/h7-8,10-14,16-17,21,31-33,37H,1-6,9,15,18-20,22-30H2,(H,48,55)(H,50,56,57)/b17-13+. The maximum Gasteiger partial charge on any atom is 0.263 e. The molecule has 61 heavy (non-hydrogen) atoms. The third-order valence-corrected chi connectivity index (χ3v) is 13.2. The van der Waals surface area contributed by atoms with Crippen molar-refractivity contribution in [3.8, 4) is 0 Å². The zero-order valence-corrected chi connectivity index (χ0v) is 35.6. The van der Waals surface area contributed by atoms with E-state index in [4.69, 9.17) is 4.98 Å². The van der Waals surface area contributed by atoms with Crippen LogP contribution in [0.15, 0.2) is 72.0 Å². The molecule has 1 unspecified atom stereocenters. The number of thioether (sulfide) groups is 1. The first-order valence-corrected chi connectivity index (χ1v) is 22.8. The third-order valence-electron chi connectivity index (χ3n) is 12.1. The van der Waals surface area contributed by atoms with E-state index in [1.807, 2.05) is 35.2 Å². The average Bonchev–Trinajstić information content (AvgIpc) is 3.54. The van der Waals surface area contributed by atoms with Gasteiger partial charge in [-0.1, -0.05) is 37.8 Å². The number of unbranched alkanes of at least 4 members (excludes halogenated alkanes) is 4. The number of amides is 6. The quantitative estimate of drug-likeness (QED) is 0.0748. The van der Waals surface area contributed by atoms with Gasteiger partial charge in [0.25, 0.3) is 17.7 Å². The van der Waals surface area contributed by atoms with Gasteiger partial charge in [-0.15, -0.1) is 11.8 Å². The number of imide groups is 2. The number of piperazine rings is 1. The minimum Gasteiger partial charge on any atom is -0.354 e. The Morgan fingerprint density at radius 3 is 2.41 bits per heavy atom. The fourth-order valence-corrected chi connectivity index (χ4v) is 9.64. The SMILES string of the molecule is O=C(/C=C/c1cccnc1)NCCCCC1CCN(C(=O)c2ccc(N3CCN(CCCCCCSc4cccc5c4C(=O)N(C4CCC(=O)NC4=O)C5=O)CC3)nc2)CC1. The fraction of sp³-hybridized carbons (Fsp3) is 0.478. The maximum absolute atomic E-state index is 13.4. The summed E-state index contributed by atoms with van der Waals surface area (Å²) in [6.45, 7) is 6.94. The minimum atomic E-state index is -0.962. The van der Waals surface area contributed by atoms with E-state index >= 15 is 0 Å². The van der Waals surface area contributed by atoms with Gasteiger partial charge < -0.3 is 15.1 Å². The number of anilines is 1. The van der Waals surface area contributed by atoms with Gasteiger partial charge >= 0.3 is 0 Å². The first-order valence-electron chi connectivity index (χ1n) is 21.8. The number of nitrogens with zero attached hydrogens (tertiary/aromatic N) is 6. The van der Waals surface area contributed by atoms with E-state index in [2.05, 4.69) is 25.4 Å². The van der Waals surface area contributed by atoms with E-state index in [1.165, 1.54) is 0 Å². The van der Waals surface area contributed by atoms with Crippen LogP contribution in [0.4, 0.5) is 5.82 Å². The lowest BCUT2D eigenvalue weighted by molar-refractivity contribution is -0.136. The predicted molar refractivity (Wildman–Crippen MR) is 234 cm³/mol. The van der Waals surface area contributed by atoms with Gasteiger partial charge in [0.05, 0.1) is 16.7 Å². The Bertz CT molecular complexity index is 2070. The highest BCUT2D eigenvalue weighted by Gasteiger charge is 2.45. The molecule has 2 aromatic heterocycles. The second-order valence-corrected chi connectivity index (χ2v) is 17.4. The molecule has 0 radical (unpaired) electrons. The number of nitrogens with one attached hydrogen (secondary N) is 2. The second kappa shape index (κ2) is 21.4. The molecule has 3 fully saturated rings. The van der Waals surface area contributed by atoms with Crippen LogP contribution in [0.5, 0.6) is 0 Å². The van der Waals surface area contributed by atoms with Gasteiger partial charge in [-0.05, 0) is 98.7 Å². The van der Waals surface area contributed by atoms with E-state index in [0.29, 0.717) is 29.2 Å². The highest BCUT2D eigenvalue weighted by Crippen LogP contribution is 2.35. The molecule has 6 amide bonds. The number of rotatable bonds is 18. The van der Waals surface area contributed by atoms with Gasteiger partial charge in [0.15, 0.2) is 0 Å².